The Hall–Kier alpha value is -4.21. The maximum atomic E-state index is 13.7. The van der Waals surface area contributed by atoms with Crippen molar-refractivity contribution < 1.29 is 12.8 Å². The molecule has 0 aliphatic heterocycles. The van der Waals surface area contributed by atoms with Gasteiger partial charge < -0.3 is 0 Å². The number of hydrogen-bond donors (Lipinski definition) is 0. The fraction of sp³-hybridized carbons (Fsp3) is 0. The van der Waals surface area contributed by atoms with Crippen LogP contribution in [0, 0.1) is 17.7 Å². The summed E-state index contributed by atoms with van der Waals surface area (Å²) in [6, 6.07) is 27.0. The molecule has 6 heteroatoms. The largest absolute Gasteiger partial charge is 0.269 e. The smallest absolute Gasteiger partial charge is 0.237 e. The van der Waals surface area contributed by atoms with Crippen LogP contribution in [0.5, 0.6) is 0 Å². The van der Waals surface area contributed by atoms with Crippen molar-refractivity contribution in [3.8, 4) is 23.1 Å². The van der Waals surface area contributed by atoms with Crippen LogP contribution in [0.15, 0.2) is 108 Å². The zero-order valence-corrected chi connectivity index (χ0v) is 18.1. The van der Waals surface area contributed by atoms with Gasteiger partial charge in [0.2, 0.25) is 0 Å². The van der Waals surface area contributed by atoms with Crippen molar-refractivity contribution >= 4 is 21.1 Å². The van der Waals surface area contributed by atoms with Gasteiger partial charge in [-0.2, -0.15) is 0 Å². The molecule has 0 aliphatic carbocycles. The molecular weight excluding hydrogens is 435 g/mol. The van der Waals surface area contributed by atoms with Crippen LogP contribution in [0.2, 0.25) is 0 Å². The Labute approximate surface area is 191 Å². The third-order valence-corrected chi connectivity index (χ3v) is 6.92. The van der Waals surface area contributed by atoms with E-state index in [-0.39, 0.29) is 10.7 Å². The van der Waals surface area contributed by atoms with E-state index in [9.17, 15) is 12.8 Å². The summed E-state index contributed by atoms with van der Waals surface area (Å²) in [5.41, 5.74) is 2.82. The minimum absolute atomic E-state index is 0.171. The van der Waals surface area contributed by atoms with Gasteiger partial charge in [-0.25, -0.2) is 21.8 Å². The lowest BCUT2D eigenvalue weighted by molar-refractivity contribution is 0.589. The molecule has 0 aliphatic rings. The van der Waals surface area contributed by atoms with Crippen molar-refractivity contribution in [2.45, 2.75) is 4.90 Å². The molecule has 0 saturated carbocycles. The zero-order chi connectivity index (χ0) is 22.8. The summed E-state index contributed by atoms with van der Waals surface area (Å²) in [5.74, 6) is 5.77. The Morgan fingerprint density at radius 2 is 1.45 bits per heavy atom. The second-order valence-electron chi connectivity index (χ2n) is 7.33. The summed E-state index contributed by atoms with van der Waals surface area (Å²) in [5, 5.41) is 0.616. The predicted octanol–water partition coefficient (Wildman–Crippen LogP) is 5.48. The van der Waals surface area contributed by atoms with Crippen LogP contribution in [0.1, 0.15) is 11.1 Å². The summed E-state index contributed by atoms with van der Waals surface area (Å²) < 4.78 is 41.8. The molecule has 0 radical (unpaired) electrons. The summed E-state index contributed by atoms with van der Waals surface area (Å²) in [6.45, 7) is 0. The van der Waals surface area contributed by atoms with Crippen LogP contribution in [-0.4, -0.2) is 17.4 Å². The van der Waals surface area contributed by atoms with Crippen LogP contribution in [0.25, 0.3) is 22.3 Å². The van der Waals surface area contributed by atoms with Crippen molar-refractivity contribution in [1.29, 1.82) is 0 Å². The van der Waals surface area contributed by atoms with Gasteiger partial charge in [0, 0.05) is 22.7 Å². The molecule has 4 nitrogen and oxygen atoms in total. The molecule has 0 unspecified atom stereocenters. The summed E-state index contributed by atoms with van der Waals surface area (Å²) >= 11 is 0. The third kappa shape index (κ3) is 3.91. The number of rotatable bonds is 3. The fourth-order valence-electron chi connectivity index (χ4n) is 3.61. The summed E-state index contributed by atoms with van der Waals surface area (Å²) in [7, 11) is -3.93. The van der Waals surface area contributed by atoms with Gasteiger partial charge in [0.05, 0.1) is 10.6 Å². The minimum Gasteiger partial charge on any atom is -0.237 e. The molecule has 0 saturated heterocycles. The van der Waals surface area contributed by atoms with Gasteiger partial charge in [-0.1, -0.05) is 60.4 Å². The molecule has 0 fully saturated rings. The van der Waals surface area contributed by atoms with Crippen molar-refractivity contribution in [3.63, 3.8) is 0 Å². The van der Waals surface area contributed by atoms with E-state index in [1.165, 1.54) is 16.1 Å². The standard InChI is InChI=1S/C27H17FN2O2S/c28-23-15-12-20(13-16-23)11-14-21-17-18-29-27-25(21)19-26(22-7-3-1-4-8-22)30(27)33(31,32)24-9-5-2-6-10-24/h1-10,12-13,15-19H. The maximum absolute atomic E-state index is 13.7. The molecule has 160 valence electrons. The van der Waals surface area contributed by atoms with Crippen LogP contribution in [0.4, 0.5) is 4.39 Å². The average molecular weight is 453 g/mol. The molecule has 0 bridgehead atoms. The molecule has 5 aromatic rings. The Morgan fingerprint density at radius 1 is 0.788 bits per heavy atom. The Balaban J connectivity index is 1.76. The van der Waals surface area contributed by atoms with Crippen molar-refractivity contribution in [2.75, 3.05) is 0 Å². The second-order valence-corrected chi connectivity index (χ2v) is 9.12. The topological polar surface area (TPSA) is 52.0 Å². The summed E-state index contributed by atoms with van der Waals surface area (Å²) in [6.07, 6.45) is 1.54. The van der Waals surface area contributed by atoms with Gasteiger partial charge in [0.1, 0.15) is 5.82 Å². The SMILES string of the molecule is O=S(=O)(c1ccccc1)n1c(-c2ccccc2)cc2c(C#Cc3ccc(F)cc3)ccnc21. The molecule has 5 rings (SSSR count). The molecule has 33 heavy (non-hydrogen) atoms. The van der Waals surface area contributed by atoms with E-state index >= 15 is 0 Å². The van der Waals surface area contributed by atoms with Crippen LogP contribution >= 0.6 is 0 Å². The van der Waals surface area contributed by atoms with E-state index in [0.29, 0.717) is 27.9 Å². The first-order chi connectivity index (χ1) is 16.0. The monoisotopic (exact) mass is 452 g/mol. The summed E-state index contributed by atoms with van der Waals surface area (Å²) in [4.78, 5) is 4.58. The maximum Gasteiger partial charge on any atom is 0.269 e. The Kier molecular flexibility index (Phi) is 5.25. The number of aromatic nitrogens is 2. The van der Waals surface area contributed by atoms with E-state index in [2.05, 4.69) is 16.8 Å². The van der Waals surface area contributed by atoms with E-state index in [0.717, 1.165) is 5.56 Å². The van der Waals surface area contributed by atoms with Crippen LogP contribution in [-0.2, 0) is 10.0 Å². The second kappa shape index (κ2) is 8.38. The highest BCUT2D eigenvalue weighted by Crippen LogP contribution is 2.32. The lowest BCUT2D eigenvalue weighted by Crippen LogP contribution is -2.14. The van der Waals surface area contributed by atoms with Crippen LogP contribution in [0.3, 0.4) is 0 Å². The predicted molar refractivity (Wildman–Crippen MR) is 127 cm³/mol. The highest BCUT2D eigenvalue weighted by Gasteiger charge is 2.25. The van der Waals surface area contributed by atoms with E-state index < -0.39 is 10.0 Å². The van der Waals surface area contributed by atoms with Gasteiger partial charge in [-0.3, -0.25) is 0 Å². The van der Waals surface area contributed by atoms with Crippen molar-refractivity contribution in [3.05, 3.63) is 120 Å². The normalized spacial score (nSPS) is 11.2. The Bertz CT molecular complexity index is 1610. The first-order valence-electron chi connectivity index (χ1n) is 10.2. The van der Waals surface area contributed by atoms with Gasteiger partial charge >= 0.3 is 0 Å². The highest BCUT2D eigenvalue weighted by molar-refractivity contribution is 7.90. The van der Waals surface area contributed by atoms with E-state index in [1.807, 2.05) is 30.3 Å². The first-order valence-corrected chi connectivity index (χ1v) is 11.6. The number of fused-ring (bicyclic) bond motifs is 1. The van der Waals surface area contributed by atoms with E-state index in [1.54, 1.807) is 60.8 Å². The molecular formula is C27H17FN2O2S. The number of halogens is 1. The number of pyridine rings is 1. The molecule has 2 aromatic heterocycles. The molecule has 3 aromatic carbocycles. The van der Waals surface area contributed by atoms with Gasteiger partial charge in [0.15, 0.2) is 5.65 Å². The zero-order valence-electron chi connectivity index (χ0n) is 17.3. The van der Waals surface area contributed by atoms with Crippen molar-refractivity contribution in [1.82, 2.24) is 8.96 Å². The molecule has 0 spiro atoms. The number of benzene rings is 3. The van der Waals surface area contributed by atoms with Gasteiger partial charge in [-0.15, -0.1) is 0 Å². The fourth-order valence-corrected chi connectivity index (χ4v) is 5.11. The first kappa shape index (κ1) is 20.7. The molecule has 0 amide bonds. The number of hydrogen-bond acceptors (Lipinski definition) is 3. The minimum atomic E-state index is -3.93. The number of nitrogens with zero attached hydrogens (tertiary/aromatic N) is 2. The molecule has 0 atom stereocenters. The lowest BCUT2D eigenvalue weighted by atomic mass is 10.1. The van der Waals surface area contributed by atoms with E-state index in [4.69, 9.17) is 0 Å². The molecule has 0 N–H and O–H groups in total. The lowest BCUT2D eigenvalue weighted by Gasteiger charge is -2.11. The average Bonchev–Trinajstić information content (AvgIpc) is 3.26. The quantitative estimate of drug-likeness (QED) is 0.341. The molecule has 2 heterocycles. The van der Waals surface area contributed by atoms with Crippen LogP contribution < -0.4 is 0 Å². The Morgan fingerprint density at radius 3 is 2.15 bits per heavy atom. The van der Waals surface area contributed by atoms with Crippen molar-refractivity contribution in [2.24, 2.45) is 0 Å². The van der Waals surface area contributed by atoms with Gasteiger partial charge in [-0.05, 0) is 54.1 Å². The third-order valence-electron chi connectivity index (χ3n) is 5.20. The highest BCUT2D eigenvalue weighted by atomic mass is 32.2. The van der Waals surface area contributed by atoms with Gasteiger partial charge in [0.25, 0.3) is 10.0 Å².